The average Bonchev–Trinajstić information content (AvgIpc) is 3.76. The summed E-state index contributed by atoms with van der Waals surface area (Å²) in [6.07, 6.45) is 9.54. The van der Waals surface area contributed by atoms with Gasteiger partial charge in [-0.05, 0) is 93.1 Å². The van der Waals surface area contributed by atoms with Gasteiger partial charge in [-0.3, -0.25) is 29.4 Å². The maximum atomic E-state index is 12.7. The standard InChI is InChI=1S/C44H52N12O3/c1-30(2)56-29-35(26-48-56)42(58)47-25-34-8-7-33(23-31(34)3)39-11-15-45-43(50-39)49-36-9-10-40(46-27-36)54-21-19-52(20-22-54)28-32-12-16-53(17-13-32)37-5-4-6-38(24-37)55-18-14-41(57)51-44(55)59/h4-11,15,23-24,26-27,29-30,32H,12-14,16-22,25,28H2,1-3H3,(H,47,58)(H,45,49,50)(H,51,57,59). The number of hydrogen-bond donors (Lipinski definition) is 3. The van der Waals surface area contributed by atoms with Gasteiger partial charge >= 0.3 is 6.03 Å². The van der Waals surface area contributed by atoms with Gasteiger partial charge in [0.15, 0.2) is 0 Å². The second-order valence-electron chi connectivity index (χ2n) is 15.9. The molecule has 59 heavy (non-hydrogen) atoms. The third-order valence-electron chi connectivity index (χ3n) is 11.5. The number of benzene rings is 2. The van der Waals surface area contributed by atoms with E-state index < -0.39 is 0 Å². The number of urea groups is 1. The molecule has 3 saturated heterocycles. The molecular formula is C44H52N12O3. The zero-order chi connectivity index (χ0) is 40.9. The lowest BCUT2D eigenvalue weighted by Gasteiger charge is -2.40. The molecule has 0 saturated carbocycles. The number of aryl methyl sites for hydroxylation is 1. The largest absolute Gasteiger partial charge is 0.371 e. The Kier molecular flexibility index (Phi) is 11.8. The van der Waals surface area contributed by atoms with E-state index >= 15 is 0 Å². The van der Waals surface area contributed by atoms with Crippen LogP contribution in [0, 0.1) is 12.8 Å². The Bertz CT molecular complexity index is 2280. The molecule has 3 fully saturated rings. The normalized spacial score (nSPS) is 16.7. The number of nitrogens with one attached hydrogen (secondary N) is 3. The van der Waals surface area contributed by atoms with Crippen molar-refractivity contribution in [3.63, 3.8) is 0 Å². The minimum Gasteiger partial charge on any atom is -0.371 e. The predicted octanol–water partition coefficient (Wildman–Crippen LogP) is 5.78. The van der Waals surface area contributed by atoms with Crippen molar-refractivity contribution < 1.29 is 14.4 Å². The number of carbonyl (C=O) groups excluding carboxylic acids is 3. The summed E-state index contributed by atoms with van der Waals surface area (Å²) in [7, 11) is 0. The van der Waals surface area contributed by atoms with Crippen LogP contribution < -0.4 is 30.7 Å². The summed E-state index contributed by atoms with van der Waals surface area (Å²) >= 11 is 0. The monoisotopic (exact) mass is 796 g/mol. The van der Waals surface area contributed by atoms with Gasteiger partial charge < -0.3 is 20.4 Å². The van der Waals surface area contributed by atoms with Crippen molar-refractivity contribution in [2.24, 2.45) is 5.92 Å². The van der Waals surface area contributed by atoms with E-state index in [1.807, 2.05) is 63.4 Å². The number of imide groups is 1. The molecule has 15 nitrogen and oxygen atoms in total. The third kappa shape index (κ3) is 9.52. The minimum atomic E-state index is -0.349. The SMILES string of the molecule is Cc1cc(-c2ccnc(Nc3ccc(N4CCN(CC5CCN(c6cccc(N7CCC(=O)NC7=O)c6)CC5)CC4)nc3)n2)ccc1CNC(=O)c1cnn(C(C)C)c1. The molecule has 15 heteroatoms. The molecule has 3 aliphatic rings. The molecule has 6 heterocycles. The van der Waals surface area contributed by atoms with Crippen LogP contribution in [0.25, 0.3) is 11.3 Å². The van der Waals surface area contributed by atoms with Gasteiger partial charge in [-0.1, -0.05) is 18.2 Å². The van der Waals surface area contributed by atoms with Crippen molar-refractivity contribution in [3.05, 3.63) is 102 Å². The lowest BCUT2D eigenvalue weighted by Crippen LogP contribution is -2.49. The van der Waals surface area contributed by atoms with E-state index in [-0.39, 0.29) is 23.9 Å². The molecule has 0 bridgehead atoms. The quantitative estimate of drug-likeness (QED) is 0.141. The molecule has 3 aromatic heterocycles. The lowest BCUT2D eigenvalue weighted by molar-refractivity contribution is -0.120. The highest BCUT2D eigenvalue weighted by Crippen LogP contribution is 2.29. The number of hydrogen-bond acceptors (Lipinski definition) is 11. The molecule has 306 valence electrons. The van der Waals surface area contributed by atoms with Crippen LogP contribution >= 0.6 is 0 Å². The van der Waals surface area contributed by atoms with Gasteiger partial charge in [0.2, 0.25) is 11.9 Å². The topological polar surface area (TPSA) is 157 Å². The molecule has 0 atom stereocenters. The predicted molar refractivity (Wildman–Crippen MR) is 229 cm³/mol. The third-order valence-corrected chi connectivity index (χ3v) is 11.5. The van der Waals surface area contributed by atoms with Crippen LogP contribution in [-0.2, 0) is 11.3 Å². The summed E-state index contributed by atoms with van der Waals surface area (Å²) in [6.45, 7) is 13.9. The van der Waals surface area contributed by atoms with E-state index in [0.717, 1.165) is 104 Å². The minimum absolute atomic E-state index is 0.147. The van der Waals surface area contributed by atoms with E-state index in [4.69, 9.17) is 9.97 Å². The van der Waals surface area contributed by atoms with Crippen molar-refractivity contribution in [1.82, 2.24) is 40.3 Å². The fourth-order valence-corrected chi connectivity index (χ4v) is 7.99. The maximum Gasteiger partial charge on any atom is 0.328 e. The number of nitrogens with zero attached hydrogens (tertiary/aromatic N) is 9. The van der Waals surface area contributed by atoms with E-state index in [9.17, 15) is 14.4 Å². The number of aromatic nitrogens is 5. The number of anilines is 5. The highest BCUT2D eigenvalue weighted by molar-refractivity contribution is 6.05. The molecule has 8 rings (SSSR count). The molecule has 0 spiro atoms. The number of amides is 4. The molecule has 0 unspecified atom stereocenters. The zero-order valence-corrected chi connectivity index (χ0v) is 34.0. The smallest absolute Gasteiger partial charge is 0.328 e. The summed E-state index contributed by atoms with van der Waals surface area (Å²) in [4.78, 5) is 59.7. The summed E-state index contributed by atoms with van der Waals surface area (Å²) in [5.41, 5.74) is 7.17. The first-order valence-corrected chi connectivity index (χ1v) is 20.6. The fraction of sp³-hybridized carbons (Fsp3) is 0.386. The Labute approximate surface area is 344 Å². The summed E-state index contributed by atoms with van der Waals surface area (Å²) in [5.74, 6) is 1.74. The fourth-order valence-electron chi connectivity index (χ4n) is 7.99. The van der Waals surface area contributed by atoms with Gasteiger partial charge in [-0.2, -0.15) is 5.10 Å². The molecule has 3 aliphatic heterocycles. The van der Waals surface area contributed by atoms with Gasteiger partial charge in [0.25, 0.3) is 5.91 Å². The van der Waals surface area contributed by atoms with E-state index in [1.165, 1.54) is 0 Å². The molecule has 4 amide bonds. The van der Waals surface area contributed by atoms with Gasteiger partial charge in [-0.15, -0.1) is 0 Å². The van der Waals surface area contributed by atoms with Crippen molar-refractivity contribution in [1.29, 1.82) is 0 Å². The highest BCUT2D eigenvalue weighted by Gasteiger charge is 2.27. The number of rotatable bonds is 12. The lowest BCUT2D eigenvalue weighted by atomic mass is 9.95. The number of piperazine rings is 1. The maximum absolute atomic E-state index is 12.7. The Balaban J connectivity index is 0.781. The molecule has 0 aliphatic carbocycles. The summed E-state index contributed by atoms with van der Waals surface area (Å²) in [6, 6.07) is 20.0. The first-order chi connectivity index (χ1) is 28.6. The first kappa shape index (κ1) is 39.5. The summed E-state index contributed by atoms with van der Waals surface area (Å²) in [5, 5.41) is 13.0. The van der Waals surface area contributed by atoms with Crippen LogP contribution in [0.1, 0.15) is 60.6 Å². The van der Waals surface area contributed by atoms with Gasteiger partial charge in [0.1, 0.15) is 5.82 Å². The van der Waals surface area contributed by atoms with E-state index in [0.29, 0.717) is 36.9 Å². The first-order valence-electron chi connectivity index (χ1n) is 20.6. The van der Waals surface area contributed by atoms with E-state index in [1.54, 1.807) is 28.2 Å². The highest BCUT2D eigenvalue weighted by atomic mass is 16.2. The second kappa shape index (κ2) is 17.6. The molecule has 3 N–H and O–H groups in total. The van der Waals surface area contributed by atoms with E-state index in [2.05, 4.69) is 65.0 Å². The van der Waals surface area contributed by atoms with Gasteiger partial charge in [0, 0.05) is 101 Å². The van der Waals surface area contributed by atoms with Crippen LogP contribution in [0.2, 0.25) is 0 Å². The molecule has 5 aromatic rings. The van der Waals surface area contributed by atoms with Crippen LogP contribution in [0.5, 0.6) is 0 Å². The second-order valence-corrected chi connectivity index (χ2v) is 15.9. The van der Waals surface area contributed by atoms with Crippen LogP contribution in [-0.4, -0.2) is 99.8 Å². The molecular weight excluding hydrogens is 745 g/mol. The number of pyridine rings is 1. The van der Waals surface area contributed by atoms with Crippen molar-refractivity contribution >= 4 is 46.7 Å². The van der Waals surface area contributed by atoms with Crippen molar-refractivity contribution in [3.8, 4) is 11.3 Å². The molecule has 0 radical (unpaired) electrons. The Morgan fingerprint density at radius 1 is 0.881 bits per heavy atom. The Hall–Kier alpha value is -6.35. The van der Waals surface area contributed by atoms with Crippen LogP contribution in [0.4, 0.5) is 33.6 Å². The van der Waals surface area contributed by atoms with Crippen LogP contribution in [0.3, 0.4) is 0 Å². The molecule has 2 aromatic carbocycles. The average molecular weight is 797 g/mol. The van der Waals surface area contributed by atoms with Gasteiger partial charge in [0.05, 0.1) is 29.3 Å². The van der Waals surface area contributed by atoms with Gasteiger partial charge in [-0.25, -0.2) is 19.7 Å². The zero-order valence-electron chi connectivity index (χ0n) is 34.0. The van der Waals surface area contributed by atoms with Crippen molar-refractivity contribution in [2.75, 3.05) is 72.4 Å². The summed E-state index contributed by atoms with van der Waals surface area (Å²) < 4.78 is 1.78. The van der Waals surface area contributed by atoms with Crippen LogP contribution in [0.15, 0.2) is 85.5 Å². The Morgan fingerprint density at radius 3 is 2.42 bits per heavy atom. The number of carbonyl (C=O) groups is 3. The Morgan fingerprint density at radius 2 is 1.69 bits per heavy atom. The van der Waals surface area contributed by atoms with Crippen molar-refractivity contribution in [2.45, 2.75) is 52.6 Å². The number of piperidine rings is 1.